The fraction of sp³-hybridized carbons (Fsp3) is 0.778. The third kappa shape index (κ3) is 40.0. The Kier molecular flexibility index (Phi) is 34.5. The zero-order valence-corrected chi connectivity index (χ0v) is 46.9. The van der Waals surface area contributed by atoms with Crippen LogP contribution in [0.1, 0.15) is 196 Å². The Labute approximate surface area is 437 Å². The van der Waals surface area contributed by atoms with Gasteiger partial charge in [0.2, 0.25) is 17.7 Å². The molecule has 0 heterocycles. The molecular formula is C54H95N4O14P. The number of benzene rings is 1. The number of nitrogens with one attached hydrogen (secondary N) is 4. The van der Waals surface area contributed by atoms with Gasteiger partial charge in [0.1, 0.15) is 30.9 Å². The van der Waals surface area contributed by atoms with E-state index in [1.165, 1.54) is 44.9 Å². The first kappa shape index (κ1) is 66.9. The molecule has 19 heteroatoms. The summed E-state index contributed by atoms with van der Waals surface area (Å²) in [6.07, 6.45) is 16.3. The molecule has 0 radical (unpaired) electrons. The van der Waals surface area contributed by atoms with Crippen molar-refractivity contribution in [2.24, 2.45) is 0 Å². The Hall–Kier alpha value is -4.09. The Morgan fingerprint density at radius 2 is 1.08 bits per heavy atom. The van der Waals surface area contributed by atoms with E-state index in [-0.39, 0.29) is 76.6 Å². The van der Waals surface area contributed by atoms with E-state index in [9.17, 15) is 38.4 Å². The number of carbonyl (C=O) groups excluding carboxylic acids is 5. The maximum absolute atomic E-state index is 13.3. The molecule has 1 aromatic carbocycles. The number of amides is 4. The monoisotopic (exact) mass is 1050 g/mol. The number of carbonyl (C=O) groups is 6. The number of rotatable bonds is 41. The van der Waals surface area contributed by atoms with Gasteiger partial charge in [-0.25, -0.2) is 14.4 Å². The van der Waals surface area contributed by atoms with Gasteiger partial charge in [0.05, 0.1) is 37.2 Å². The molecule has 420 valence electrons. The highest BCUT2D eigenvalue weighted by Crippen LogP contribution is 2.55. The quantitative estimate of drug-likeness (QED) is 0.0233. The minimum absolute atomic E-state index is 0.00333. The second-order valence-corrected chi connectivity index (χ2v) is 23.6. The van der Waals surface area contributed by atoms with E-state index in [4.69, 9.17) is 28.0 Å². The molecule has 0 aromatic heterocycles. The molecule has 0 bridgehead atoms. The molecule has 18 nitrogen and oxygen atoms in total. The summed E-state index contributed by atoms with van der Waals surface area (Å²) in [5, 5.41) is 20.1. The van der Waals surface area contributed by atoms with Crippen LogP contribution in [0, 0.1) is 0 Å². The van der Waals surface area contributed by atoms with E-state index in [2.05, 4.69) is 21.3 Å². The van der Waals surface area contributed by atoms with E-state index in [1.807, 2.05) is 59.7 Å². The third-order valence-electron chi connectivity index (χ3n) is 10.8. The average molecular weight is 1060 g/mol. The number of ether oxygens (including phenoxy) is 4. The summed E-state index contributed by atoms with van der Waals surface area (Å²) < 4.78 is 46.6. The Morgan fingerprint density at radius 3 is 1.63 bits per heavy atom. The zero-order chi connectivity index (χ0) is 54.6. The summed E-state index contributed by atoms with van der Waals surface area (Å²) in [6.45, 7) is 17.6. The number of unbranched alkanes of at least 4 members (excludes halogenated alkanes) is 14. The highest BCUT2D eigenvalue weighted by Gasteiger charge is 2.34. The van der Waals surface area contributed by atoms with Crippen LogP contribution in [-0.4, -0.2) is 115 Å². The molecule has 5 N–H and O–H groups in total. The number of aliphatic carboxylic acids is 1. The van der Waals surface area contributed by atoms with Gasteiger partial charge in [-0.15, -0.1) is 0 Å². The van der Waals surface area contributed by atoms with E-state index >= 15 is 0 Å². The van der Waals surface area contributed by atoms with Crippen molar-refractivity contribution in [2.75, 3.05) is 45.7 Å². The molecule has 0 saturated heterocycles. The largest absolute Gasteiger partial charge is 0.480 e. The molecule has 2 atom stereocenters. The molecule has 0 aliphatic heterocycles. The van der Waals surface area contributed by atoms with Gasteiger partial charge in [-0.2, -0.15) is 0 Å². The highest BCUT2D eigenvalue weighted by molar-refractivity contribution is 7.53. The summed E-state index contributed by atoms with van der Waals surface area (Å²) in [6, 6.07) is 6.96. The fourth-order valence-corrected chi connectivity index (χ4v) is 9.97. The van der Waals surface area contributed by atoms with Crippen molar-refractivity contribution in [1.29, 1.82) is 0 Å². The van der Waals surface area contributed by atoms with Crippen LogP contribution in [0.15, 0.2) is 30.3 Å². The molecule has 0 aliphatic carbocycles. The zero-order valence-electron chi connectivity index (χ0n) is 46.0. The number of carboxylic acid groups (broad SMARTS) is 1. The lowest BCUT2D eigenvalue weighted by molar-refractivity contribution is -0.159. The first-order chi connectivity index (χ1) is 34.4. The Balaban J connectivity index is 2.15. The topological polar surface area (TPSA) is 243 Å². The third-order valence-corrected chi connectivity index (χ3v) is 13.3. The second kappa shape index (κ2) is 37.6. The van der Waals surface area contributed by atoms with Crippen LogP contribution in [0.2, 0.25) is 0 Å². The normalized spacial score (nSPS) is 12.9. The summed E-state index contributed by atoms with van der Waals surface area (Å²) >= 11 is 0. The highest BCUT2D eigenvalue weighted by atomic mass is 31.2. The maximum atomic E-state index is 13.3. The molecule has 73 heavy (non-hydrogen) atoms. The van der Waals surface area contributed by atoms with Crippen LogP contribution in [0.3, 0.4) is 0 Å². The van der Waals surface area contributed by atoms with Crippen LogP contribution in [0.5, 0.6) is 0 Å². The average Bonchev–Trinajstić information content (AvgIpc) is 3.28. The van der Waals surface area contributed by atoms with Gasteiger partial charge in [-0.3, -0.25) is 18.9 Å². The number of hydrogen-bond donors (Lipinski definition) is 5. The molecule has 0 spiro atoms. The Bertz CT molecular complexity index is 1740. The lowest BCUT2D eigenvalue weighted by Crippen LogP contribution is -2.44. The van der Waals surface area contributed by atoms with Crippen LogP contribution >= 0.6 is 7.60 Å². The molecule has 4 amide bonds. The lowest BCUT2D eigenvalue weighted by Gasteiger charge is -2.32. The molecule has 0 aliphatic rings. The molecule has 1 rings (SSSR count). The van der Waals surface area contributed by atoms with Crippen molar-refractivity contribution in [1.82, 2.24) is 21.3 Å². The maximum Gasteiger partial charge on any atom is 0.408 e. The second-order valence-electron chi connectivity index (χ2n) is 21.6. The molecule has 0 unspecified atom stereocenters. The van der Waals surface area contributed by atoms with Gasteiger partial charge in [0.15, 0.2) is 0 Å². The summed E-state index contributed by atoms with van der Waals surface area (Å²) in [7, 11) is -3.16. The van der Waals surface area contributed by atoms with Crippen LogP contribution in [-0.2, 0) is 63.1 Å². The van der Waals surface area contributed by atoms with E-state index in [0.717, 1.165) is 44.1 Å². The number of carboxylic acids is 1. The predicted octanol–water partition coefficient (Wildman–Crippen LogP) is 10.1. The summed E-state index contributed by atoms with van der Waals surface area (Å²) in [5.41, 5.74) is -1.02. The van der Waals surface area contributed by atoms with Gasteiger partial charge in [-0.1, -0.05) is 107 Å². The summed E-state index contributed by atoms with van der Waals surface area (Å²) in [4.78, 5) is 74.2. The minimum Gasteiger partial charge on any atom is -0.480 e. The molecule has 1 aromatic rings. The van der Waals surface area contributed by atoms with Crippen LogP contribution in [0.25, 0.3) is 0 Å². The van der Waals surface area contributed by atoms with E-state index < -0.39 is 54.5 Å². The van der Waals surface area contributed by atoms with Gasteiger partial charge in [0, 0.05) is 25.9 Å². The van der Waals surface area contributed by atoms with Crippen molar-refractivity contribution in [3.8, 4) is 0 Å². The standard InChI is InChI=1S/C54H95N4O14P/c1-52(2,3)70-50(64)45(57-47(60)32-25-20-18-16-14-12-10-11-13-15-17-19-21-28-40-73(66,71-53(4,5)6)72-54(7,8)9)33-34-46(59)56-36-37-67-38-39-68-42-48(61)55-35-27-26-31-44(49(62)63)58-51(65)69-41-43-29-23-22-24-30-43/h22-24,29-30,44-45H,10-21,25-28,31-42H2,1-9H3,(H,55,61)(H,56,59)(H,57,60)(H,58,65)(H,62,63)/t44-,45-/m0/s1. The first-order valence-corrected chi connectivity index (χ1v) is 28.5. The van der Waals surface area contributed by atoms with Crippen molar-refractivity contribution >= 4 is 43.3 Å². The first-order valence-electron chi connectivity index (χ1n) is 26.8. The SMILES string of the molecule is CC(C)(C)OC(=O)[C@H](CCC(=O)NCCOCCOCC(=O)NCCCC[C@H](NC(=O)OCc1ccccc1)C(=O)O)NC(=O)CCCCCCCCCCCCCCCCP(=O)(OC(C)(C)C)OC(C)(C)C. The van der Waals surface area contributed by atoms with Gasteiger partial charge in [-0.05, 0) is 106 Å². The van der Waals surface area contributed by atoms with Gasteiger partial charge in [0.25, 0.3) is 0 Å². The van der Waals surface area contributed by atoms with Gasteiger partial charge >= 0.3 is 25.6 Å². The van der Waals surface area contributed by atoms with E-state index in [1.54, 1.807) is 32.9 Å². The van der Waals surface area contributed by atoms with Crippen LogP contribution < -0.4 is 21.3 Å². The van der Waals surface area contributed by atoms with Gasteiger partial charge < -0.3 is 54.4 Å². The lowest BCUT2D eigenvalue weighted by atomic mass is 10.0. The molecular weight excluding hydrogens is 960 g/mol. The molecule has 0 saturated carbocycles. The Morgan fingerprint density at radius 1 is 0.548 bits per heavy atom. The van der Waals surface area contributed by atoms with Crippen molar-refractivity contribution in [3.63, 3.8) is 0 Å². The fourth-order valence-electron chi connectivity index (χ4n) is 7.47. The van der Waals surface area contributed by atoms with E-state index in [0.29, 0.717) is 38.4 Å². The number of esters is 1. The molecule has 0 fully saturated rings. The smallest absolute Gasteiger partial charge is 0.408 e. The van der Waals surface area contributed by atoms with Crippen molar-refractivity contribution < 1.29 is 66.4 Å². The van der Waals surface area contributed by atoms with Crippen LogP contribution in [0.4, 0.5) is 4.79 Å². The number of hydrogen-bond acceptors (Lipinski definition) is 13. The predicted molar refractivity (Wildman–Crippen MR) is 283 cm³/mol. The summed E-state index contributed by atoms with van der Waals surface area (Å²) in [5.74, 6) is -2.65. The number of alkyl carbamates (subject to hydrolysis) is 1. The van der Waals surface area contributed by atoms with Crippen molar-refractivity contribution in [2.45, 2.75) is 226 Å². The minimum atomic E-state index is -3.16. The van der Waals surface area contributed by atoms with Crippen molar-refractivity contribution in [3.05, 3.63) is 35.9 Å².